The Balaban J connectivity index is 1.80. The Bertz CT molecular complexity index is 1490. The van der Waals surface area contributed by atoms with Crippen molar-refractivity contribution in [3.63, 3.8) is 0 Å². The Morgan fingerprint density at radius 1 is 0.480 bits per heavy atom. The minimum Gasteiger partial charge on any atom is -0.394 e. The maximum Gasteiger partial charge on any atom is 0.220 e. The maximum atomic E-state index is 13.2. The normalized spacial score (nSPS) is 25.5. The molecule has 1 amide bonds. The lowest BCUT2D eigenvalue weighted by Gasteiger charge is -2.46. The van der Waals surface area contributed by atoms with Crippen molar-refractivity contribution in [3.05, 3.63) is 60.8 Å². The number of carbonyl (C=O) groups excluding carboxylic acids is 1. The Labute approximate surface area is 454 Å². The first-order chi connectivity index (χ1) is 36.6. The van der Waals surface area contributed by atoms with Crippen molar-refractivity contribution in [1.82, 2.24) is 5.32 Å². The van der Waals surface area contributed by atoms with Crippen molar-refractivity contribution in [3.8, 4) is 0 Å². The molecule has 436 valence electrons. The van der Waals surface area contributed by atoms with Crippen LogP contribution in [0.1, 0.15) is 226 Å². The monoisotopic (exact) mass is 1060 g/mol. The van der Waals surface area contributed by atoms with Crippen LogP contribution in [0.5, 0.6) is 0 Å². The summed E-state index contributed by atoms with van der Waals surface area (Å²) in [7, 11) is 0. The molecule has 2 aliphatic heterocycles. The SMILES string of the molecule is CCCCCC/C=C\C/C=C\CCCCCCCCCC(=O)NC(COC1OC(CO)C(OC2OC(CO)C(O)C(O)C2O)C(O)C1O)C(O)/C=C/CC/C=C/CC/C=C/CCCCCCCCCCCCCCC. The van der Waals surface area contributed by atoms with Gasteiger partial charge < -0.3 is 65.1 Å². The lowest BCUT2D eigenvalue weighted by atomic mass is 9.97. The van der Waals surface area contributed by atoms with E-state index < -0.39 is 86.8 Å². The standard InChI is InChI=1S/C61H109NO13/c1-3-5-7-9-11-13-15-17-19-21-23-24-25-26-27-28-30-32-34-36-38-40-42-44-50(65)49(62-53(66)45-43-41-39-37-35-33-31-29-22-20-18-16-14-12-10-8-6-4-2)48-72-60-58(71)56(69)59(52(47-64)74-60)75-61-57(70)55(68)54(67)51(46-63)73-61/h14,16,20,22,27-28,34,36,42,44,49-52,54-61,63-65,67-71H,3-13,15,17-19,21,23-26,29-33,35,37-41,43,45-48H2,1-2H3,(H,62,66)/b16-14-,22-20-,28-27+,36-34+,44-42+. The third-order valence-corrected chi connectivity index (χ3v) is 14.4. The molecule has 0 aromatic rings. The second-order valence-corrected chi connectivity index (χ2v) is 21.1. The second-order valence-electron chi connectivity index (χ2n) is 21.1. The number of aliphatic hydroxyl groups excluding tert-OH is 8. The van der Waals surface area contributed by atoms with Gasteiger partial charge in [0.25, 0.3) is 0 Å². The highest BCUT2D eigenvalue weighted by molar-refractivity contribution is 5.76. The van der Waals surface area contributed by atoms with Crippen molar-refractivity contribution in [2.75, 3.05) is 19.8 Å². The predicted molar refractivity (Wildman–Crippen MR) is 300 cm³/mol. The summed E-state index contributed by atoms with van der Waals surface area (Å²) >= 11 is 0. The molecule has 2 aliphatic rings. The average molecular weight is 1060 g/mol. The smallest absolute Gasteiger partial charge is 0.220 e. The van der Waals surface area contributed by atoms with Gasteiger partial charge in [-0.25, -0.2) is 0 Å². The average Bonchev–Trinajstić information content (AvgIpc) is 3.41. The van der Waals surface area contributed by atoms with Gasteiger partial charge in [0.1, 0.15) is 48.8 Å². The van der Waals surface area contributed by atoms with Crippen LogP contribution in [0.2, 0.25) is 0 Å². The number of amides is 1. The predicted octanol–water partition coefficient (Wildman–Crippen LogP) is 10.2. The number of hydrogen-bond donors (Lipinski definition) is 9. The highest BCUT2D eigenvalue weighted by atomic mass is 16.7. The number of nitrogens with one attached hydrogen (secondary N) is 1. The highest BCUT2D eigenvalue weighted by Crippen LogP contribution is 2.30. The Kier molecular flexibility index (Phi) is 42.7. The molecule has 12 atom stereocenters. The molecule has 0 spiro atoms. The summed E-state index contributed by atoms with van der Waals surface area (Å²) in [6, 6.07) is -0.944. The van der Waals surface area contributed by atoms with E-state index in [0.29, 0.717) is 12.8 Å². The number of aliphatic hydroxyl groups is 8. The fourth-order valence-corrected chi connectivity index (χ4v) is 9.53. The van der Waals surface area contributed by atoms with Gasteiger partial charge in [0.15, 0.2) is 12.6 Å². The van der Waals surface area contributed by atoms with Crippen LogP contribution in [0, 0.1) is 0 Å². The molecular formula is C61H109NO13. The molecule has 12 unspecified atom stereocenters. The van der Waals surface area contributed by atoms with Crippen LogP contribution in [-0.2, 0) is 23.7 Å². The van der Waals surface area contributed by atoms with Crippen LogP contribution < -0.4 is 5.32 Å². The van der Waals surface area contributed by atoms with Crippen LogP contribution in [0.4, 0.5) is 0 Å². The summed E-state index contributed by atoms with van der Waals surface area (Å²) in [6.45, 7) is 2.75. The topological polar surface area (TPSA) is 228 Å². The third-order valence-electron chi connectivity index (χ3n) is 14.4. The molecular weight excluding hydrogens is 955 g/mol. The van der Waals surface area contributed by atoms with Gasteiger partial charge in [-0.2, -0.15) is 0 Å². The van der Waals surface area contributed by atoms with Crippen LogP contribution >= 0.6 is 0 Å². The first kappa shape index (κ1) is 68.8. The number of allylic oxidation sites excluding steroid dienone is 9. The van der Waals surface area contributed by atoms with Crippen LogP contribution in [0.15, 0.2) is 60.8 Å². The molecule has 0 bridgehead atoms. The summed E-state index contributed by atoms with van der Waals surface area (Å²) in [5.74, 6) is -0.262. The van der Waals surface area contributed by atoms with E-state index in [9.17, 15) is 45.6 Å². The minimum atomic E-state index is -1.80. The van der Waals surface area contributed by atoms with Crippen LogP contribution in [0.25, 0.3) is 0 Å². The zero-order chi connectivity index (χ0) is 54.6. The number of hydrogen-bond acceptors (Lipinski definition) is 13. The highest BCUT2D eigenvalue weighted by Gasteiger charge is 2.51. The van der Waals surface area contributed by atoms with Crippen LogP contribution in [0.3, 0.4) is 0 Å². The molecule has 2 saturated heterocycles. The van der Waals surface area contributed by atoms with Gasteiger partial charge in [-0.05, 0) is 77.0 Å². The molecule has 2 heterocycles. The number of carbonyl (C=O) groups is 1. The summed E-state index contributed by atoms with van der Waals surface area (Å²) in [5, 5.41) is 87.1. The van der Waals surface area contributed by atoms with Crippen molar-refractivity contribution in [2.45, 2.75) is 299 Å². The first-order valence-electron chi connectivity index (χ1n) is 30.0. The summed E-state index contributed by atoms with van der Waals surface area (Å²) < 4.78 is 22.7. The minimum absolute atomic E-state index is 0.259. The van der Waals surface area contributed by atoms with Crippen molar-refractivity contribution < 1.29 is 64.6 Å². The van der Waals surface area contributed by atoms with Crippen molar-refractivity contribution in [1.29, 1.82) is 0 Å². The quantitative estimate of drug-likeness (QED) is 0.0204. The van der Waals surface area contributed by atoms with Gasteiger partial charge in [-0.3, -0.25) is 4.79 Å². The third kappa shape index (κ3) is 32.4. The van der Waals surface area contributed by atoms with E-state index in [-0.39, 0.29) is 18.9 Å². The molecule has 14 heteroatoms. The largest absolute Gasteiger partial charge is 0.394 e. The fourth-order valence-electron chi connectivity index (χ4n) is 9.53. The van der Waals surface area contributed by atoms with E-state index in [1.54, 1.807) is 6.08 Å². The molecule has 2 fully saturated rings. The maximum absolute atomic E-state index is 13.2. The van der Waals surface area contributed by atoms with Gasteiger partial charge in [-0.1, -0.05) is 203 Å². The lowest BCUT2D eigenvalue weighted by molar-refractivity contribution is -0.359. The molecule has 0 radical (unpaired) electrons. The molecule has 2 rings (SSSR count). The van der Waals surface area contributed by atoms with Crippen molar-refractivity contribution >= 4 is 5.91 Å². The zero-order valence-electron chi connectivity index (χ0n) is 46.8. The Morgan fingerprint density at radius 3 is 1.40 bits per heavy atom. The Morgan fingerprint density at radius 2 is 0.893 bits per heavy atom. The van der Waals surface area contributed by atoms with E-state index in [4.69, 9.17) is 18.9 Å². The number of ether oxygens (including phenoxy) is 4. The van der Waals surface area contributed by atoms with E-state index in [2.05, 4.69) is 67.8 Å². The molecule has 75 heavy (non-hydrogen) atoms. The van der Waals surface area contributed by atoms with Gasteiger partial charge in [0, 0.05) is 6.42 Å². The Hall–Kier alpha value is -2.31. The van der Waals surface area contributed by atoms with E-state index >= 15 is 0 Å². The van der Waals surface area contributed by atoms with E-state index in [1.165, 1.54) is 128 Å². The summed E-state index contributed by atoms with van der Waals surface area (Å²) in [4.78, 5) is 13.2. The van der Waals surface area contributed by atoms with Gasteiger partial charge >= 0.3 is 0 Å². The molecule has 0 aliphatic carbocycles. The van der Waals surface area contributed by atoms with Gasteiger partial charge in [0.05, 0.1) is 32.0 Å². The van der Waals surface area contributed by atoms with E-state index in [0.717, 1.165) is 64.2 Å². The van der Waals surface area contributed by atoms with Crippen molar-refractivity contribution in [2.24, 2.45) is 0 Å². The molecule has 0 saturated carbocycles. The zero-order valence-corrected chi connectivity index (χ0v) is 46.8. The lowest BCUT2D eigenvalue weighted by Crippen LogP contribution is -2.65. The summed E-state index contributed by atoms with van der Waals surface area (Å²) in [6.07, 6.45) is 42.6. The number of rotatable bonds is 47. The van der Waals surface area contributed by atoms with E-state index in [1.807, 2.05) is 6.08 Å². The first-order valence-corrected chi connectivity index (χ1v) is 30.0. The second kappa shape index (κ2) is 46.6. The molecule has 9 N–H and O–H groups in total. The number of unbranched alkanes of at least 4 members (excludes halogenated alkanes) is 26. The van der Waals surface area contributed by atoms with Crippen LogP contribution in [-0.4, -0.2) is 140 Å². The molecule has 0 aromatic carbocycles. The molecule has 0 aromatic heterocycles. The summed E-state index contributed by atoms with van der Waals surface area (Å²) in [5.41, 5.74) is 0. The molecule has 14 nitrogen and oxygen atoms in total. The van der Waals surface area contributed by atoms with Gasteiger partial charge in [0.2, 0.25) is 5.91 Å². The fraction of sp³-hybridized carbons (Fsp3) is 0.820. The van der Waals surface area contributed by atoms with Gasteiger partial charge in [-0.15, -0.1) is 0 Å².